The van der Waals surface area contributed by atoms with Crippen LogP contribution in [0.25, 0.3) is 6.08 Å². The average Bonchev–Trinajstić information content (AvgIpc) is 3.21. The number of nitrogens with zero attached hydrogens (tertiary/aromatic N) is 3. The minimum atomic E-state index is -2.89. The van der Waals surface area contributed by atoms with Gasteiger partial charge in [0.25, 0.3) is 0 Å². The highest BCUT2D eigenvalue weighted by Crippen LogP contribution is 2.35. The Bertz CT molecular complexity index is 1010. The quantitative estimate of drug-likeness (QED) is 0.491. The predicted molar refractivity (Wildman–Crippen MR) is 106 cm³/mol. The monoisotopic (exact) mass is 435 g/mol. The summed E-state index contributed by atoms with van der Waals surface area (Å²) in [6.45, 7) is -1.23. The van der Waals surface area contributed by atoms with Crippen molar-refractivity contribution < 1.29 is 27.4 Å². The smallest absolute Gasteiger partial charge is 0.387 e. The summed E-state index contributed by atoms with van der Waals surface area (Å²) in [6, 6.07) is 9.11. The van der Waals surface area contributed by atoms with Gasteiger partial charge in [-0.05, 0) is 36.1 Å². The Kier molecular flexibility index (Phi) is 7.06. The van der Waals surface area contributed by atoms with Crippen LogP contribution in [0.15, 0.2) is 61.2 Å². The molecule has 0 aliphatic rings. The highest BCUT2D eigenvalue weighted by molar-refractivity contribution is 5.50. The Morgan fingerprint density at radius 1 is 1.16 bits per heavy atom. The SMILES string of the molecule is C[C@@H](C/C=C/c1ccc(OC(F)F)cc1)[C@](O)(Cn1cncn1)c1ccc(F)cc1F. The van der Waals surface area contributed by atoms with Crippen LogP contribution in [0.5, 0.6) is 5.75 Å². The van der Waals surface area contributed by atoms with E-state index in [0.29, 0.717) is 6.42 Å². The van der Waals surface area contributed by atoms with Crippen LogP contribution >= 0.6 is 0 Å². The molecule has 3 rings (SSSR count). The van der Waals surface area contributed by atoms with Crippen LogP contribution < -0.4 is 4.74 Å². The van der Waals surface area contributed by atoms with Gasteiger partial charge in [-0.25, -0.2) is 18.4 Å². The third kappa shape index (κ3) is 5.69. The molecule has 0 spiro atoms. The van der Waals surface area contributed by atoms with Crippen molar-refractivity contribution in [2.45, 2.75) is 32.1 Å². The van der Waals surface area contributed by atoms with Gasteiger partial charge < -0.3 is 9.84 Å². The molecule has 1 N–H and O–H groups in total. The Morgan fingerprint density at radius 2 is 1.90 bits per heavy atom. The van der Waals surface area contributed by atoms with Gasteiger partial charge in [0, 0.05) is 11.6 Å². The van der Waals surface area contributed by atoms with Crippen molar-refractivity contribution in [3.8, 4) is 5.75 Å². The topological polar surface area (TPSA) is 60.2 Å². The van der Waals surface area contributed by atoms with E-state index in [1.807, 2.05) is 0 Å². The highest BCUT2D eigenvalue weighted by atomic mass is 19.3. The second-order valence-electron chi connectivity index (χ2n) is 7.13. The molecule has 0 aliphatic heterocycles. The first-order valence-corrected chi connectivity index (χ1v) is 9.49. The lowest BCUT2D eigenvalue weighted by Gasteiger charge is -2.34. The summed E-state index contributed by atoms with van der Waals surface area (Å²) in [6.07, 6.45) is 6.57. The molecular weight excluding hydrogens is 414 g/mol. The Balaban J connectivity index is 1.78. The Hall–Kier alpha value is -3.20. The van der Waals surface area contributed by atoms with Gasteiger partial charge in [0.2, 0.25) is 0 Å². The molecule has 0 saturated carbocycles. The summed E-state index contributed by atoms with van der Waals surface area (Å²) >= 11 is 0. The number of alkyl halides is 2. The van der Waals surface area contributed by atoms with Crippen molar-refractivity contribution in [3.05, 3.63) is 84.0 Å². The first-order chi connectivity index (χ1) is 14.8. The normalized spacial score (nSPS) is 14.7. The Labute approximate surface area is 176 Å². The standard InChI is InChI=1S/C22H21F4N3O2/c1-15(3-2-4-16-5-8-18(9-6-16)31-21(25)26)22(30,12-29-14-27-13-28-29)19-10-7-17(23)11-20(19)24/h2,4-11,13-15,21,30H,3,12H2,1H3/b4-2+/t15-,22+/m0/s1. The maximum atomic E-state index is 14.5. The second kappa shape index (κ2) is 9.74. The van der Waals surface area contributed by atoms with E-state index in [4.69, 9.17) is 0 Å². The molecule has 1 aromatic heterocycles. The molecule has 1 heterocycles. The molecule has 0 unspecified atom stereocenters. The molecule has 2 atom stereocenters. The fourth-order valence-corrected chi connectivity index (χ4v) is 3.27. The lowest BCUT2D eigenvalue weighted by atomic mass is 9.80. The summed E-state index contributed by atoms with van der Waals surface area (Å²) in [5.41, 5.74) is -0.995. The van der Waals surface area contributed by atoms with Gasteiger partial charge in [-0.3, -0.25) is 0 Å². The number of ether oxygens (including phenoxy) is 1. The molecule has 164 valence electrons. The molecule has 31 heavy (non-hydrogen) atoms. The molecule has 0 aliphatic carbocycles. The number of hydrogen-bond acceptors (Lipinski definition) is 4. The zero-order chi connectivity index (χ0) is 22.4. The zero-order valence-corrected chi connectivity index (χ0v) is 16.6. The van der Waals surface area contributed by atoms with Crippen molar-refractivity contribution in [1.29, 1.82) is 0 Å². The van der Waals surface area contributed by atoms with Gasteiger partial charge in [0.1, 0.15) is 35.6 Å². The summed E-state index contributed by atoms with van der Waals surface area (Å²) in [5, 5.41) is 15.4. The van der Waals surface area contributed by atoms with E-state index in [1.54, 1.807) is 31.2 Å². The lowest BCUT2D eigenvalue weighted by Crippen LogP contribution is -2.39. The summed E-state index contributed by atoms with van der Waals surface area (Å²) in [4.78, 5) is 3.84. The predicted octanol–water partition coefficient (Wildman–Crippen LogP) is 4.79. The van der Waals surface area contributed by atoms with E-state index in [2.05, 4.69) is 14.8 Å². The van der Waals surface area contributed by atoms with Crippen LogP contribution in [0.1, 0.15) is 24.5 Å². The molecule has 5 nitrogen and oxygen atoms in total. The summed E-state index contributed by atoms with van der Waals surface area (Å²) in [7, 11) is 0. The Morgan fingerprint density at radius 3 is 2.52 bits per heavy atom. The highest BCUT2D eigenvalue weighted by Gasteiger charge is 2.38. The first kappa shape index (κ1) is 22.5. The molecule has 0 bridgehead atoms. The molecule has 3 aromatic rings. The van der Waals surface area contributed by atoms with Crippen molar-refractivity contribution >= 4 is 6.08 Å². The van der Waals surface area contributed by atoms with E-state index in [0.717, 1.165) is 17.7 Å². The van der Waals surface area contributed by atoms with Crippen LogP contribution in [0.4, 0.5) is 17.6 Å². The fraction of sp³-hybridized carbons (Fsp3) is 0.273. The maximum Gasteiger partial charge on any atom is 0.387 e. The number of benzene rings is 2. The van der Waals surface area contributed by atoms with Crippen molar-refractivity contribution in [2.24, 2.45) is 5.92 Å². The van der Waals surface area contributed by atoms with Gasteiger partial charge in [0.15, 0.2) is 0 Å². The minimum absolute atomic E-state index is 0.0428. The van der Waals surface area contributed by atoms with Gasteiger partial charge >= 0.3 is 6.61 Å². The van der Waals surface area contributed by atoms with Crippen LogP contribution in [0, 0.1) is 17.6 Å². The van der Waals surface area contributed by atoms with E-state index in [-0.39, 0.29) is 17.9 Å². The number of hydrogen-bond donors (Lipinski definition) is 1. The van der Waals surface area contributed by atoms with Crippen LogP contribution in [0.3, 0.4) is 0 Å². The summed E-state index contributed by atoms with van der Waals surface area (Å²) in [5.74, 6) is -2.03. The molecule has 2 aromatic carbocycles. The van der Waals surface area contributed by atoms with Gasteiger partial charge in [-0.2, -0.15) is 13.9 Å². The minimum Gasteiger partial charge on any atom is -0.435 e. The maximum absolute atomic E-state index is 14.5. The van der Waals surface area contributed by atoms with Gasteiger partial charge in [-0.15, -0.1) is 0 Å². The largest absolute Gasteiger partial charge is 0.435 e. The first-order valence-electron chi connectivity index (χ1n) is 9.49. The molecule has 0 amide bonds. The number of aliphatic hydroxyl groups is 1. The van der Waals surface area contributed by atoms with Gasteiger partial charge in [0.05, 0.1) is 6.54 Å². The number of halogens is 4. The molecule has 0 fully saturated rings. The average molecular weight is 435 g/mol. The molecule has 0 saturated heterocycles. The van der Waals surface area contributed by atoms with Crippen molar-refractivity contribution in [1.82, 2.24) is 14.8 Å². The zero-order valence-electron chi connectivity index (χ0n) is 16.6. The number of aromatic nitrogens is 3. The van der Waals surface area contributed by atoms with E-state index in [1.165, 1.54) is 35.5 Å². The number of rotatable bonds is 9. The lowest BCUT2D eigenvalue weighted by molar-refractivity contribution is -0.0498. The third-order valence-corrected chi connectivity index (χ3v) is 4.99. The van der Waals surface area contributed by atoms with E-state index in [9.17, 15) is 22.7 Å². The van der Waals surface area contributed by atoms with Crippen molar-refractivity contribution in [2.75, 3.05) is 0 Å². The second-order valence-corrected chi connectivity index (χ2v) is 7.13. The van der Waals surface area contributed by atoms with Crippen LogP contribution in [0.2, 0.25) is 0 Å². The fourth-order valence-electron chi connectivity index (χ4n) is 3.27. The van der Waals surface area contributed by atoms with Crippen LogP contribution in [-0.2, 0) is 12.1 Å². The van der Waals surface area contributed by atoms with Gasteiger partial charge in [-0.1, -0.05) is 37.3 Å². The van der Waals surface area contributed by atoms with Crippen molar-refractivity contribution in [3.63, 3.8) is 0 Å². The number of allylic oxidation sites excluding steroid dienone is 1. The molecule has 9 heteroatoms. The molecular formula is C22H21F4N3O2. The van der Waals surface area contributed by atoms with E-state index < -0.39 is 29.8 Å². The third-order valence-electron chi connectivity index (χ3n) is 4.99. The van der Waals surface area contributed by atoms with E-state index >= 15 is 0 Å². The van der Waals surface area contributed by atoms with Crippen LogP contribution in [-0.4, -0.2) is 26.5 Å². The molecule has 0 radical (unpaired) electrons. The summed E-state index contributed by atoms with van der Waals surface area (Å²) < 4.78 is 58.1.